The number of benzene rings is 1. The molecule has 3 fully saturated rings. The lowest BCUT2D eigenvalue weighted by molar-refractivity contribution is 0.0493. The van der Waals surface area contributed by atoms with Gasteiger partial charge in [-0.25, -0.2) is 0 Å². The molecule has 3 aliphatic rings. The second-order valence-electron chi connectivity index (χ2n) is 8.53. The Balaban J connectivity index is 1.28. The molecule has 144 valence electrons. The Morgan fingerprint density at radius 2 is 2.08 bits per heavy atom. The lowest BCUT2D eigenvalue weighted by Crippen LogP contribution is -2.54. The summed E-state index contributed by atoms with van der Waals surface area (Å²) < 4.78 is 5.72. The number of hydrogen-bond donors (Lipinski definition) is 2. The van der Waals surface area contributed by atoms with Crippen LogP contribution in [0.1, 0.15) is 44.6 Å². The quantitative estimate of drug-likeness (QED) is 0.850. The van der Waals surface area contributed by atoms with Gasteiger partial charge in [0, 0.05) is 43.8 Å². The van der Waals surface area contributed by atoms with Crippen LogP contribution in [0.5, 0.6) is 0 Å². The molecule has 0 radical (unpaired) electrons. The molecule has 26 heavy (non-hydrogen) atoms. The summed E-state index contributed by atoms with van der Waals surface area (Å²) >= 11 is 0. The van der Waals surface area contributed by atoms with E-state index in [1.165, 1.54) is 44.2 Å². The summed E-state index contributed by atoms with van der Waals surface area (Å²) in [5.74, 6) is 0.743. The number of morpholine rings is 1. The topological polar surface area (TPSA) is 36.5 Å². The fourth-order valence-electron chi connectivity index (χ4n) is 5.27. The molecular weight excluding hydrogens is 322 g/mol. The van der Waals surface area contributed by atoms with Crippen LogP contribution in [0.4, 0.5) is 0 Å². The smallest absolute Gasteiger partial charge is 0.0623 e. The van der Waals surface area contributed by atoms with Crippen molar-refractivity contribution in [3.05, 3.63) is 35.9 Å². The van der Waals surface area contributed by atoms with Crippen molar-refractivity contribution in [2.24, 2.45) is 5.92 Å². The SMILES string of the molecule is CC1CC(NC2CCCC2C2COCCN2)CCN1Cc1ccccc1. The molecule has 2 saturated heterocycles. The van der Waals surface area contributed by atoms with Gasteiger partial charge < -0.3 is 15.4 Å². The summed E-state index contributed by atoms with van der Waals surface area (Å²) in [6.07, 6.45) is 6.59. The molecule has 2 aliphatic heterocycles. The number of rotatable bonds is 5. The van der Waals surface area contributed by atoms with Crippen LogP contribution in [0.2, 0.25) is 0 Å². The number of nitrogens with zero attached hydrogens (tertiary/aromatic N) is 1. The normalized spacial score (nSPS) is 36.3. The molecule has 0 amide bonds. The van der Waals surface area contributed by atoms with E-state index in [9.17, 15) is 0 Å². The van der Waals surface area contributed by atoms with E-state index in [1.54, 1.807) is 0 Å². The van der Waals surface area contributed by atoms with Gasteiger partial charge in [-0.05, 0) is 44.1 Å². The van der Waals surface area contributed by atoms with Crippen molar-refractivity contribution in [3.8, 4) is 0 Å². The monoisotopic (exact) mass is 357 g/mol. The highest BCUT2D eigenvalue weighted by molar-refractivity contribution is 5.14. The first-order valence-corrected chi connectivity index (χ1v) is 10.6. The Morgan fingerprint density at radius 3 is 2.85 bits per heavy atom. The van der Waals surface area contributed by atoms with Crippen molar-refractivity contribution in [2.45, 2.75) is 69.7 Å². The zero-order valence-corrected chi connectivity index (χ0v) is 16.2. The van der Waals surface area contributed by atoms with Gasteiger partial charge in [-0.2, -0.15) is 0 Å². The average molecular weight is 358 g/mol. The largest absolute Gasteiger partial charge is 0.379 e. The predicted molar refractivity (Wildman–Crippen MR) is 106 cm³/mol. The van der Waals surface area contributed by atoms with Crippen LogP contribution >= 0.6 is 0 Å². The van der Waals surface area contributed by atoms with Gasteiger partial charge >= 0.3 is 0 Å². The molecule has 4 nitrogen and oxygen atoms in total. The van der Waals surface area contributed by atoms with Crippen LogP contribution in [-0.4, -0.2) is 55.4 Å². The molecule has 0 bridgehead atoms. The maximum absolute atomic E-state index is 5.72. The number of likely N-dealkylation sites (tertiary alicyclic amines) is 1. The Labute approximate surface area is 158 Å². The summed E-state index contributed by atoms with van der Waals surface area (Å²) in [6, 6.07) is 13.5. The molecule has 1 aromatic rings. The highest BCUT2D eigenvalue weighted by Gasteiger charge is 2.36. The summed E-state index contributed by atoms with van der Waals surface area (Å²) in [4.78, 5) is 2.65. The van der Waals surface area contributed by atoms with Gasteiger partial charge in [-0.3, -0.25) is 4.90 Å². The third-order valence-corrected chi connectivity index (χ3v) is 6.73. The van der Waals surface area contributed by atoms with Crippen LogP contribution < -0.4 is 10.6 Å². The molecular formula is C22H35N3O. The van der Waals surface area contributed by atoms with E-state index < -0.39 is 0 Å². The molecule has 1 saturated carbocycles. The van der Waals surface area contributed by atoms with E-state index in [-0.39, 0.29) is 0 Å². The Kier molecular flexibility index (Phi) is 6.26. The first-order chi connectivity index (χ1) is 12.8. The first-order valence-electron chi connectivity index (χ1n) is 10.6. The fraction of sp³-hybridized carbons (Fsp3) is 0.727. The van der Waals surface area contributed by atoms with E-state index in [1.807, 2.05) is 0 Å². The summed E-state index contributed by atoms with van der Waals surface area (Å²) in [5, 5.41) is 7.76. The van der Waals surface area contributed by atoms with Crippen LogP contribution in [0.3, 0.4) is 0 Å². The van der Waals surface area contributed by atoms with Crippen molar-refractivity contribution in [3.63, 3.8) is 0 Å². The third kappa shape index (κ3) is 4.48. The third-order valence-electron chi connectivity index (χ3n) is 6.73. The molecule has 2 heterocycles. The second-order valence-corrected chi connectivity index (χ2v) is 8.53. The molecule has 5 atom stereocenters. The summed E-state index contributed by atoms with van der Waals surface area (Å²) in [7, 11) is 0. The minimum absolute atomic E-state index is 0.555. The number of hydrogen-bond acceptors (Lipinski definition) is 4. The van der Waals surface area contributed by atoms with Gasteiger partial charge in [0.1, 0.15) is 0 Å². The van der Waals surface area contributed by atoms with Crippen molar-refractivity contribution >= 4 is 0 Å². The Bertz CT molecular complexity index is 546. The van der Waals surface area contributed by atoms with E-state index in [0.717, 1.165) is 32.2 Å². The van der Waals surface area contributed by atoms with Crippen LogP contribution in [0.15, 0.2) is 30.3 Å². The first kappa shape index (κ1) is 18.4. The highest BCUT2D eigenvalue weighted by Crippen LogP contribution is 2.31. The van der Waals surface area contributed by atoms with Crippen LogP contribution in [0, 0.1) is 5.92 Å². The van der Waals surface area contributed by atoms with E-state index in [4.69, 9.17) is 4.74 Å². The van der Waals surface area contributed by atoms with E-state index >= 15 is 0 Å². The Morgan fingerprint density at radius 1 is 1.19 bits per heavy atom. The fourth-order valence-corrected chi connectivity index (χ4v) is 5.27. The molecule has 5 unspecified atom stereocenters. The zero-order valence-electron chi connectivity index (χ0n) is 16.2. The number of piperidine rings is 1. The maximum atomic E-state index is 5.72. The van der Waals surface area contributed by atoms with Gasteiger partial charge in [0.05, 0.1) is 13.2 Å². The van der Waals surface area contributed by atoms with E-state index in [2.05, 4.69) is 52.8 Å². The molecule has 0 spiro atoms. The van der Waals surface area contributed by atoms with Crippen molar-refractivity contribution in [2.75, 3.05) is 26.3 Å². The van der Waals surface area contributed by atoms with Crippen molar-refractivity contribution < 1.29 is 4.74 Å². The van der Waals surface area contributed by atoms with Gasteiger partial charge in [-0.1, -0.05) is 36.8 Å². The second kappa shape index (κ2) is 8.83. The standard InChI is InChI=1S/C22H35N3O/c1-17-14-19(10-12-25(17)15-18-6-3-2-4-7-18)24-21-9-5-8-20(21)22-16-26-13-11-23-22/h2-4,6-7,17,19-24H,5,8-16H2,1H3. The lowest BCUT2D eigenvalue weighted by atomic mass is 9.91. The van der Waals surface area contributed by atoms with Gasteiger partial charge in [0.15, 0.2) is 0 Å². The van der Waals surface area contributed by atoms with Crippen molar-refractivity contribution in [1.82, 2.24) is 15.5 Å². The molecule has 0 aromatic heterocycles. The van der Waals surface area contributed by atoms with Gasteiger partial charge in [0.25, 0.3) is 0 Å². The van der Waals surface area contributed by atoms with Gasteiger partial charge in [0.2, 0.25) is 0 Å². The maximum Gasteiger partial charge on any atom is 0.0623 e. The molecule has 1 aliphatic carbocycles. The minimum atomic E-state index is 0.555. The lowest BCUT2D eigenvalue weighted by Gasteiger charge is -2.41. The highest BCUT2D eigenvalue weighted by atomic mass is 16.5. The van der Waals surface area contributed by atoms with E-state index in [0.29, 0.717) is 24.2 Å². The Hall–Kier alpha value is -0.940. The predicted octanol–water partition coefficient (Wildman–Crippen LogP) is 2.79. The molecule has 4 heteroatoms. The van der Waals surface area contributed by atoms with Crippen LogP contribution in [0.25, 0.3) is 0 Å². The van der Waals surface area contributed by atoms with Gasteiger partial charge in [-0.15, -0.1) is 0 Å². The number of ether oxygens (including phenoxy) is 1. The molecule has 1 aromatic carbocycles. The average Bonchev–Trinajstić information content (AvgIpc) is 3.14. The van der Waals surface area contributed by atoms with Crippen molar-refractivity contribution in [1.29, 1.82) is 0 Å². The summed E-state index contributed by atoms with van der Waals surface area (Å²) in [6.45, 7) is 7.48. The summed E-state index contributed by atoms with van der Waals surface area (Å²) in [5.41, 5.74) is 1.44. The number of nitrogens with one attached hydrogen (secondary N) is 2. The minimum Gasteiger partial charge on any atom is -0.379 e. The molecule has 4 rings (SSSR count). The van der Waals surface area contributed by atoms with Crippen LogP contribution in [-0.2, 0) is 11.3 Å². The molecule has 2 N–H and O–H groups in total. The zero-order chi connectivity index (χ0) is 17.8.